The van der Waals surface area contributed by atoms with Gasteiger partial charge in [-0.3, -0.25) is 4.68 Å². The van der Waals surface area contributed by atoms with Crippen molar-refractivity contribution in [1.29, 1.82) is 0 Å². The first kappa shape index (κ1) is 11.9. The molecular weight excluding hydrogens is 216 g/mol. The second-order valence-corrected chi connectivity index (χ2v) is 4.06. The molecule has 0 saturated heterocycles. The third-order valence-corrected chi connectivity index (χ3v) is 2.69. The molecule has 0 saturated carbocycles. The van der Waals surface area contributed by atoms with Crippen LogP contribution in [0.5, 0.6) is 0 Å². The van der Waals surface area contributed by atoms with E-state index in [-0.39, 0.29) is 6.61 Å². The minimum Gasteiger partial charge on any atom is -0.396 e. The summed E-state index contributed by atoms with van der Waals surface area (Å²) in [5, 5.41) is 13.3. The molecule has 17 heavy (non-hydrogen) atoms. The number of aromatic nitrogens is 4. The zero-order valence-corrected chi connectivity index (χ0v) is 10.3. The van der Waals surface area contributed by atoms with Gasteiger partial charge in [0.15, 0.2) is 0 Å². The van der Waals surface area contributed by atoms with Crippen molar-refractivity contribution in [1.82, 2.24) is 19.3 Å². The molecule has 0 amide bonds. The fourth-order valence-corrected chi connectivity index (χ4v) is 1.81. The lowest BCUT2D eigenvalue weighted by Crippen LogP contribution is -2.04. The molecule has 0 aromatic carbocycles. The van der Waals surface area contributed by atoms with Crippen LogP contribution in [-0.4, -0.2) is 31.0 Å². The monoisotopic (exact) mass is 234 g/mol. The van der Waals surface area contributed by atoms with E-state index in [0.717, 1.165) is 30.2 Å². The van der Waals surface area contributed by atoms with Gasteiger partial charge in [-0.1, -0.05) is 0 Å². The maximum Gasteiger partial charge on any atom is 0.106 e. The summed E-state index contributed by atoms with van der Waals surface area (Å²) in [6.45, 7) is 5.87. The number of aliphatic hydroxyl groups is 1. The van der Waals surface area contributed by atoms with Gasteiger partial charge >= 0.3 is 0 Å². The van der Waals surface area contributed by atoms with Gasteiger partial charge in [0, 0.05) is 25.9 Å². The molecule has 2 heterocycles. The standard InChI is InChI=1S/C12H18N4O/c1-3-15-8-11(13-9-15)12-7-10(2)14-16(12)5-4-6-17/h7-9,17H,3-6H2,1-2H3. The number of imidazole rings is 1. The van der Waals surface area contributed by atoms with Gasteiger partial charge in [-0.25, -0.2) is 4.98 Å². The van der Waals surface area contributed by atoms with Gasteiger partial charge in [0.05, 0.1) is 17.7 Å². The first-order valence-corrected chi connectivity index (χ1v) is 5.92. The van der Waals surface area contributed by atoms with Gasteiger partial charge in [0.1, 0.15) is 5.69 Å². The molecule has 0 unspecified atom stereocenters. The number of hydrogen-bond donors (Lipinski definition) is 1. The highest BCUT2D eigenvalue weighted by Gasteiger charge is 2.10. The first-order valence-electron chi connectivity index (χ1n) is 5.92. The summed E-state index contributed by atoms with van der Waals surface area (Å²) in [6, 6.07) is 2.03. The largest absolute Gasteiger partial charge is 0.396 e. The van der Waals surface area contributed by atoms with Crippen LogP contribution in [0.15, 0.2) is 18.6 Å². The number of aryl methyl sites for hydroxylation is 3. The van der Waals surface area contributed by atoms with Gasteiger partial charge < -0.3 is 9.67 Å². The zero-order chi connectivity index (χ0) is 12.3. The molecule has 0 spiro atoms. The molecule has 0 radical (unpaired) electrons. The Bertz CT molecular complexity index is 486. The molecule has 0 atom stereocenters. The molecule has 1 N–H and O–H groups in total. The van der Waals surface area contributed by atoms with E-state index in [2.05, 4.69) is 17.0 Å². The number of rotatable bonds is 5. The third-order valence-electron chi connectivity index (χ3n) is 2.69. The van der Waals surface area contributed by atoms with E-state index < -0.39 is 0 Å². The van der Waals surface area contributed by atoms with Crippen molar-refractivity contribution in [3.05, 3.63) is 24.3 Å². The summed E-state index contributed by atoms with van der Waals surface area (Å²) in [4.78, 5) is 4.38. The Morgan fingerprint density at radius 3 is 2.88 bits per heavy atom. The average Bonchev–Trinajstić information content (AvgIpc) is 2.92. The maximum atomic E-state index is 8.88. The van der Waals surface area contributed by atoms with Crippen molar-refractivity contribution < 1.29 is 5.11 Å². The van der Waals surface area contributed by atoms with E-state index in [1.807, 2.05) is 34.8 Å². The van der Waals surface area contributed by atoms with E-state index in [4.69, 9.17) is 5.11 Å². The van der Waals surface area contributed by atoms with Crippen molar-refractivity contribution in [2.24, 2.45) is 0 Å². The Labute approximate surface area is 101 Å². The molecule has 0 fully saturated rings. The second-order valence-electron chi connectivity index (χ2n) is 4.06. The molecule has 0 aliphatic rings. The number of hydrogen-bond acceptors (Lipinski definition) is 3. The van der Waals surface area contributed by atoms with Gasteiger partial charge in [0.25, 0.3) is 0 Å². The summed E-state index contributed by atoms with van der Waals surface area (Å²) < 4.78 is 3.95. The van der Waals surface area contributed by atoms with Crippen LogP contribution in [0.4, 0.5) is 0 Å². The molecule has 0 aliphatic carbocycles. The lowest BCUT2D eigenvalue weighted by Gasteiger charge is -2.03. The average molecular weight is 234 g/mol. The predicted octanol–water partition coefficient (Wildman–Crippen LogP) is 1.46. The Morgan fingerprint density at radius 1 is 1.41 bits per heavy atom. The van der Waals surface area contributed by atoms with Gasteiger partial charge in [-0.15, -0.1) is 0 Å². The normalized spacial score (nSPS) is 11.0. The minimum atomic E-state index is 0.182. The lowest BCUT2D eigenvalue weighted by atomic mass is 10.3. The quantitative estimate of drug-likeness (QED) is 0.852. The maximum absolute atomic E-state index is 8.88. The van der Waals surface area contributed by atoms with Crippen molar-refractivity contribution in [3.8, 4) is 11.4 Å². The van der Waals surface area contributed by atoms with Crippen LogP contribution >= 0.6 is 0 Å². The fraction of sp³-hybridized carbons (Fsp3) is 0.500. The zero-order valence-electron chi connectivity index (χ0n) is 10.3. The molecular formula is C12H18N4O. The minimum absolute atomic E-state index is 0.182. The van der Waals surface area contributed by atoms with E-state index in [0.29, 0.717) is 6.42 Å². The van der Waals surface area contributed by atoms with Crippen LogP contribution in [0.25, 0.3) is 11.4 Å². The highest BCUT2D eigenvalue weighted by Crippen LogP contribution is 2.18. The van der Waals surface area contributed by atoms with Crippen molar-refractivity contribution >= 4 is 0 Å². The predicted molar refractivity (Wildman–Crippen MR) is 65.6 cm³/mol. The Morgan fingerprint density at radius 2 is 2.24 bits per heavy atom. The molecule has 2 aromatic rings. The summed E-state index contributed by atoms with van der Waals surface area (Å²) in [5.41, 5.74) is 2.93. The molecule has 0 bridgehead atoms. The van der Waals surface area contributed by atoms with E-state index >= 15 is 0 Å². The van der Waals surface area contributed by atoms with Crippen LogP contribution in [0.1, 0.15) is 19.0 Å². The van der Waals surface area contributed by atoms with Crippen LogP contribution in [-0.2, 0) is 13.1 Å². The molecule has 5 nitrogen and oxygen atoms in total. The van der Waals surface area contributed by atoms with Gasteiger partial charge in [-0.05, 0) is 26.3 Å². The lowest BCUT2D eigenvalue weighted by molar-refractivity contribution is 0.277. The van der Waals surface area contributed by atoms with Gasteiger partial charge in [0.2, 0.25) is 0 Å². The highest BCUT2D eigenvalue weighted by atomic mass is 16.3. The van der Waals surface area contributed by atoms with Crippen molar-refractivity contribution in [3.63, 3.8) is 0 Å². The summed E-state index contributed by atoms with van der Waals surface area (Å²) in [6.07, 6.45) is 4.56. The molecule has 2 aromatic heterocycles. The Kier molecular flexibility index (Phi) is 3.58. The van der Waals surface area contributed by atoms with Crippen molar-refractivity contribution in [2.75, 3.05) is 6.61 Å². The topological polar surface area (TPSA) is 55.9 Å². The highest BCUT2D eigenvalue weighted by molar-refractivity contribution is 5.54. The number of nitrogens with zero attached hydrogens (tertiary/aromatic N) is 4. The first-order chi connectivity index (χ1) is 8.24. The Hall–Kier alpha value is -1.62. The van der Waals surface area contributed by atoms with E-state index in [1.54, 1.807) is 0 Å². The smallest absolute Gasteiger partial charge is 0.106 e. The molecule has 5 heteroatoms. The van der Waals surface area contributed by atoms with Crippen molar-refractivity contribution in [2.45, 2.75) is 33.4 Å². The summed E-state index contributed by atoms with van der Waals surface area (Å²) in [5.74, 6) is 0. The molecule has 2 rings (SSSR count). The van der Waals surface area contributed by atoms with Crippen LogP contribution < -0.4 is 0 Å². The Balaban J connectivity index is 2.29. The SMILES string of the molecule is CCn1cnc(-c2cc(C)nn2CCCO)c1. The van der Waals surface area contributed by atoms with Crippen LogP contribution in [0.3, 0.4) is 0 Å². The van der Waals surface area contributed by atoms with Crippen LogP contribution in [0.2, 0.25) is 0 Å². The fourth-order valence-electron chi connectivity index (χ4n) is 1.81. The molecule has 92 valence electrons. The van der Waals surface area contributed by atoms with E-state index in [1.165, 1.54) is 0 Å². The van der Waals surface area contributed by atoms with Gasteiger partial charge in [-0.2, -0.15) is 5.10 Å². The number of aliphatic hydroxyl groups excluding tert-OH is 1. The second kappa shape index (κ2) is 5.14. The summed E-state index contributed by atoms with van der Waals surface area (Å²) in [7, 11) is 0. The molecule has 0 aliphatic heterocycles. The summed E-state index contributed by atoms with van der Waals surface area (Å²) >= 11 is 0. The van der Waals surface area contributed by atoms with Crippen LogP contribution in [0, 0.1) is 6.92 Å². The van der Waals surface area contributed by atoms with E-state index in [9.17, 15) is 0 Å². The third kappa shape index (κ3) is 2.55.